The number of anilines is 1. The second kappa shape index (κ2) is 3.27. The van der Waals surface area contributed by atoms with Crippen LogP contribution in [0.25, 0.3) is 0 Å². The Bertz CT molecular complexity index is 297. The fourth-order valence-corrected chi connectivity index (χ4v) is 1.29. The predicted octanol–water partition coefficient (Wildman–Crippen LogP) is 2.14. The van der Waals surface area contributed by atoms with Crippen molar-refractivity contribution in [3.05, 3.63) is 16.4 Å². The number of aryl methyl sites for hydroxylation is 1. The molecule has 3 nitrogen and oxygen atoms in total. The molecule has 0 unspecified atom stereocenters. The minimum Gasteiger partial charge on any atom is -0.368 e. The smallest absolute Gasteiger partial charge is 0.220 e. The molecule has 0 saturated heterocycles. The molecule has 0 aromatic carbocycles. The summed E-state index contributed by atoms with van der Waals surface area (Å²) in [5, 5.41) is 0.624. The summed E-state index contributed by atoms with van der Waals surface area (Å²) in [6.07, 6.45) is 0. The molecular formula is C8H12ClN3. The van der Waals surface area contributed by atoms with Gasteiger partial charge in [0, 0.05) is 0 Å². The van der Waals surface area contributed by atoms with Crippen molar-refractivity contribution in [3.8, 4) is 0 Å². The van der Waals surface area contributed by atoms with Gasteiger partial charge in [0.15, 0.2) is 0 Å². The van der Waals surface area contributed by atoms with Crippen LogP contribution >= 0.6 is 11.6 Å². The summed E-state index contributed by atoms with van der Waals surface area (Å²) in [6, 6.07) is 0. The van der Waals surface area contributed by atoms with E-state index in [2.05, 4.69) is 9.97 Å². The Kier molecular flexibility index (Phi) is 2.52. The molecule has 0 radical (unpaired) electrons. The molecule has 0 saturated carbocycles. The molecule has 0 atom stereocenters. The highest BCUT2D eigenvalue weighted by Gasteiger charge is 2.10. The maximum Gasteiger partial charge on any atom is 0.220 e. The summed E-state index contributed by atoms with van der Waals surface area (Å²) < 4.78 is 0. The van der Waals surface area contributed by atoms with E-state index < -0.39 is 0 Å². The number of halogens is 1. The first-order valence-electron chi connectivity index (χ1n) is 3.82. The van der Waals surface area contributed by atoms with Crippen LogP contribution in [0.2, 0.25) is 5.02 Å². The first kappa shape index (κ1) is 9.26. The van der Waals surface area contributed by atoms with Gasteiger partial charge in [0.25, 0.3) is 0 Å². The van der Waals surface area contributed by atoms with E-state index in [1.54, 1.807) is 0 Å². The molecule has 0 fully saturated rings. The number of nitrogen functional groups attached to an aromatic ring is 1. The van der Waals surface area contributed by atoms with Gasteiger partial charge in [-0.3, -0.25) is 0 Å². The topological polar surface area (TPSA) is 51.8 Å². The van der Waals surface area contributed by atoms with Crippen molar-refractivity contribution in [1.82, 2.24) is 9.97 Å². The summed E-state index contributed by atoms with van der Waals surface area (Å²) in [5.74, 6) is 0.571. The lowest BCUT2D eigenvalue weighted by Crippen LogP contribution is -2.03. The normalized spacial score (nSPS) is 10.8. The molecule has 1 heterocycles. The summed E-state index contributed by atoms with van der Waals surface area (Å²) >= 11 is 5.98. The molecule has 0 spiro atoms. The molecule has 12 heavy (non-hydrogen) atoms. The molecule has 1 aromatic rings. The molecule has 4 heteroatoms. The number of nitrogens with two attached hydrogens (primary N) is 1. The third-order valence-corrected chi connectivity index (χ3v) is 2.07. The summed E-state index contributed by atoms with van der Waals surface area (Å²) in [7, 11) is 0. The van der Waals surface area contributed by atoms with Crippen LogP contribution < -0.4 is 5.73 Å². The van der Waals surface area contributed by atoms with E-state index in [0.717, 1.165) is 11.4 Å². The zero-order valence-electron chi connectivity index (χ0n) is 7.43. The first-order valence-corrected chi connectivity index (χ1v) is 4.19. The van der Waals surface area contributed by atoms with Gasteiger partial charge in [-0.15, -0.1) is 0 Å². The van der Waals surface area contributed by atoms with Gasteiger partial charge in [0.05, 0.1) is 16.4 Å². The lowest BCUT2D eigenvalue weighted by molar-refractivity contribution is 0.813. The third kappa shape index (κ3) is 1.67. The summed E-state index contributed by atoms with van der Waals surface area (Å²) in [4.78, 5) is 8.02. The van der Waals surface area contributed by atoms with E-state index in [9.17, 15) is 0 Å². The van der Waals surface area contributed by atoms with Gasteiger partial charge in [0.1, 0.15) is 0 Å². The van der Waals surface area contributed by atoms with Gasteiger partial charge in [-0.25, -0.2) is 9.97 Å². The molecule has 0 aliphatic carbocycles. The fourth-order valence-electron chi connectivity index (χ4n) is 0.986. The SMILES string of the molecule is Cc1nc(N)nc(C(C)C)c1Cl. The third-order valence-electron chi connectivity index (χ3n) is 1.61. The zero-order valence-corrected chi connectivity index (χ0v) is 8.18. The van der Waals surface area contributed by atoms with Crippen molar-refractivity contribution in [3.63, 3.8) is 0 Å². The second-order valence-corrected chi connectivity index (χ2v) is 3.40. The number of rotatable bonds is 1. The largest absolute Gasteiger partial charge is 0.368 e. The number of hydrogen-bond donors (Lipinski definition) is 1. The molecule has 66 valence electrons. The molecule has 2 N–H and O–H groups in total. The van der Waals surface area contributed by atoms with Crippen LogP contribution in [-0.4, -0.2) is 9.97 Å². The van der Waals surface area contributed by atoms with Crippen molar-refractivity contribution in [2.75, 3.05) is 5.73 Å². The van der Waals surface area contributed by atoms with Gasteiger partial charge in [0.2, 0.25) is 5.95 Å². The van der Waals surface area contributed by atoms with E-state index in [4.69, 9.17) is 17.3 Å². The summed E-state index contributed by atoms with van der Waals surface area (Å²) in [6.45, 7) is 5.87. The Hall–Kier alpha value is -0.830. The maximum absolute atomic E-state index is 5.98. The molecule has 0 amide bonds. The highest BCUT2D eigenvalue weighted by molar-refractivity contribution is 6.31. The predicted molar refractivity (Wildman–Crippen MR) is 50.3 cm³/mol. The van der Waals surface area contributed by atoms with Gasteiger partial charge in [-0.1, -0.05) is 25.4 Å². The van der Waals surface area contributed by atoms with Gasteiger partial charge < -0.3 is 5.73 Å². The van der Waals surface area contributed by atoms with Crippen molar-refractivity contribution >= 4 is 17.5 Å². The Balaban J connectivity index is 3.28. The maximum atomic E-state index is 5.98. The first-order chi connectivity index (χ1) is 5.52. The lowest BCUT2D eigenvalue weighted by Gasteiger charge is -2.08. The Morgan fingerprint density at radius 2 is 1.92 bits per heavy atom. The molecule has 0 aliphatic heterocycles. The van der Waals surface area contributed by atoms with Crippen molar-refractivity contribution in [2.24, 2.45) is 0 Å². The van der Waals surface area contributed by atoms with Crippen LogP contribution in [0.15, 0.2) is 0 Å². The summed E-state index contributed by atoms with van der Waals surface area (Å²) in [5.41, 5.74) is 7.05. The van der Waals surface area contributed by atoms with Gasteiger partial charge in [-0.05, 0) is 12.8 Å². The molecule has 1 rings (SSSR count). The van der Waals surface area contributed by atoms with Crippen LogP contribution in [0.3, 0.4) is 0 Å². The minimum absolute atomic E-state index is 0.279. The number of hydrogen-bond acceptors (Lipinski definition) is 3. The zero-order chi connectivity index (χ0) is 9.30. The minimum atomic E-state index is 0.279. The monoisotopic (exact) mass is 185 g/mol. The standard InChI is InChI=1S/C8H12ClN3/c1-4(2)7-6(9)5(3)11-8(10)12-7/h4H,1-3H3,(H2,10,11,12). The van der Waals surface area contributed by atoms with Crippen LogP contribution in [0, 0.1) is 6.92 Å². The highest BCUT2D eigenvalue weighted by Crippen LogP contribution is 2.24. The quantitative estimate of drug-likeness (QED) is 0.730. The number of nitrogens with zero attached hydrogens (tertiary/aromatic N) is 2. The van der Waals surface area contributed by atoms with E-state index in [0.29, 0.717) is 11.0 Å². The van der Waals surface area contributed by atoms with Crippen LogP contribution in [0.1, 0.15) is 31.2 Å². The number of aromatic nitrogens is 2. The van der Waals surface area contributed by atoms with Crippen LogP contribution in [0.5, 0.6) is 0 Å². The van der Waals surface area contributed by atoms with Gasteiger partial charge >= 0.3 is 0 Å². The van der Waals surface area contributed by atoms with Crippen LogP contribution in [0.4, 0.5) is 5.95 Å². The average Bonchev–Trinajstić information content (AvgIpc) is 1.96. The van der Waals surface area contributed by atoms with E-state index >= 15 is 0 Å². The van der Waals surface area contributed by atoms with Crippen LogP contribution in [-0.2, 0) is 0 Å². The lowest BCUT2D eigenvalue weighted by atomic mass is 10.1. The van der Waals surface area contributed by atoms with E-state index in [1.165, 1.54) is 0 Å². The van der Waals surface area contributed by atoms with E-state index in [-0.39, 0.29) is 5.92 Å². The average molecular weight is 186 g/mol. The van der Waals surface area contributed by atoms with Gasteiger partial charge in [-0.2, -0.15) is 0 Å². The second-order valence-electron chi connectivity index (χ2n) is 3.02. The Morgan fingerprint density at radius 1 is 1.33 bits per heavy atom. The van der Waals surface area contributed by atoms with Crippen molar-refractivity contribution in [1.29, 1.82) is 0 Å². The molecule has 0 bridgehead atoms. The van der Waals surface area contributed by atoms with Crippen molar-refractivity contribution < 1.29 is 0 Å². The molecular weight excluding hydrogens is 174 g/mol. The van der Waals surface area contributed by atoms with E-state index in [1.807, 2.05) is 20.8 Å². The Morgan fingerprint density at radius 3 is 2.42 bits per heavy atom. The Labute approximate surface area is 77.0 Å². The van der Waals surface area contributed by atoms with Crippen molar-refractivity contribution in [2.45, 2.75) is 26.7 Å². The highest BCUT2D eigenvalue weighted by atomic mass is 35.5. The molecule has 0 aliphatic rings. The molecule has 1 aromatic heterocycles. The fraction of sp³-hybridized carbons (Fsp3) is 0.500.